The molecular formula is C15H20N2O4. The van der Waals surface area contributed by atoms with Gasteiger partial charge in [-0.25, -0.2) is 0 Å². The van der Waals surface area contributed by atoms with Crippen LogP contribution in [0.15, 0.2) is 24.3 Å². The molecule has 0 aromatic heterocycles. The molecule has 2 amide bonds. The third kappa shape index (κ3) is 6.07. The van der Waals surface area contributed by atoms with E-state index in [9.17, 15) is 14.4 Å². The van der Waals surface area contributed by atoms with Crippen LogP contribution in [-0.2, 0) is 14.4 Å². The number of carboxylic acids is 1. The van der Waals surface area contributed by atoms with Crippen LogP contribution in [-0.4, -0.2) is 36.0 Å². The minimum Gasteiger partial charge on any atom is -0.481 e. The molecule has 0 unspecified atom stereocenters. The molecule has 6 heteroatoms. The Morgan fingerprint density at radius 1 is 1.14 bits per heavy atom. The summed E-state index contributed by atoms with van der Waals surface area (Å²) in [6.45, 7) is 3.66. The van der Waals surface area contributed by atoms with Gasteiger partial charge in [0, 0.05) is 32.1 Å². The molecule has 0 atom stereocenters. The molecule has 0 spiro atoms. The van der Waals surface area contributed by atoms with E-state index in [1.807, 2.05) is 19.1 Å². The third-order valence-corrected chi connectivity index (χ3v) is 2.91. The Labute approximate surface area is 123 Å². The molecule has 1 aromatic carbocycles. The number of hydrogen-bond donors (Lipinski definition) is 2. The molecule has 0 saturated heterocycles. The smallest absolute Gasteiger partial charge is 0.305 e. The van der Waals surface area contributed by atoms with Crippen LogP contribution in [0.1, 0.15) is 25.3 Å². The minimum atomic E-state index is -0.957. The fraction of sp³-hybridized carbons (Fsp3) is 0.400. The van der Waals surface area contributed by atoms with E-state index < -0.39 is 5.97 Å². The van der Waals surface area contributed by atoms with Crippen molar-refractivity contribution in [2.45, 2.75) is 26.7 Å². The fourth-order valence-corrected chi connectivity index (χ4v) is 1.81. The van der Waals surface area contributed by atoms with Gasteiger partial charge in [-0.05, 0) is 19.1 Å². The average molecular weight is 292 g/mol. The zero-order valence-electron chi connectivity index (χ0n) is 12.3. The average Bonchev–Trinajstić information content (AvgIpc) is 2.40. The van der Waals surface area contributed by atoms with Crippen LogP contribution < -0.4 is 10.2 Å². The first-order valence-electron chi connectivity index (χ1n) is 6.73. The summed E-state index contributed by atoms with van der Waals surface area (Å²) in [7, 11) is 0. The van der Waals surface area contributed by atoms with Crippen molar-refractivity contribution in [3.63, 3.8) is 0 Å². The molecule has 2 N–H and O–H groups in total. The van der Waals surface area contributed by atoms with E-state index in [0.29, 0.717) is 5.69 Å². The number of carboxylic acid groups (broad SMARTS) is 1. The van der Waals surface area contributed by atoms with Crippen LogP contribution in [0.3, 0.4) is 0 Å². The van der Waals surface area contributed by atoms with E-state index in [-0.39, 0.29) is 37.7 Å². The molecule has 0 saturated carbocycles. The number of anilines is 1. The lowest BCUT2D eigenvalue weighted by molar-refractivity contribution is -0.136. The van der Waals surface area contributed by atoms with E-state index in [0.717, 1.165) is 5.56 Å². The van der Waals surface area contributed by atoms with E-state index in [1.165, 1.54) is 11.8 Å². The highest BCUT2D eigenvalue weighted by molar-refractivity contribution is 5.94. The summed E-state index contributed by atoms with van der Waals surface area (Å²) in [4.78, 5) is 35.2. The molecule has 1 rings (SSSR count). The second-order valence-corrected chi connectivity index (χ2v) is 4.76. The molecular weight excluding hydrogens is 272 g/mol. The molecule has 114 valence electrons. The standard InChI is InChI=1S/C15H20N2O4/c1-11-3-5-13(6-4-11)17(10-8-15(20)21)14(19)7-9-16-12(2)18/h3-6H,7-10H2,1-2H3,(H,16,18)(H,20,21). The summed E-state index contributed by atoms with van der Waals surface area (Å²) >= 11 is 0. The summed E-state index contributed by atoms with van der Waals surface area (Å²) < 4.78 is 0. The van der Waals surface area contributed by atoms with Gasteiger partial charge >= 0.3 is 5.97 Å². The quantitative estimate of drug-likeness (QED) is 0.793. The first-order valence-corrected chi connectivity index (χ1v) is 6.73. The predicted octanol–water partition coefficient (Wildman–Crippen LogP) is 1.33. The Morgan fingerprint density at radius 3 is 2.29 bits per heavy atom. The predicted molar refractivity (Wildman–Crippen MR) is 79.1 cm³/mol. The molecule has 0 fully saturated rings. The van der Waals surface area contributed by atoms with Crippen LogP contribution in [0.25, 0.3) is 0 Å². The van der Waals surface area contributed by atoms with Crippen molar-refractivity contribution in [3.05, 3.63) is 29.8 Å². The second-order valence-electron chi connectivity index (χ2n) is 4.76. The van der Waals surface area contributed by atoms with E-state index >= 15 is 0 Å². The van der Waals surface area contributed by atoms with Crippen molar-refractivity contribution in [1.29, 1.82) is 0 Å². The van der Waals surface area contributed by atoms with E-state index in [4.69, 9.17) is 5.11 Å². The highest BCUT2D eigenvalue weighted by Crippen LogP contribution is 2.16. The highest BCUT2D eigenvalue weighted by Gasteiger charge is 2.16. The number of amides is 2. The second kappa shape index (κ2) is 8.04. The number of carbonyl (C=O) groups is 3. The number of benzene rings is 1. The first-order chi connectivity index (χ1) is 9.90. The molecule has 6 nitrogen and oxygen atoms in total. The van der Waals surface area contributed by atoms with Crippen molar-refractivity contribution in [2.24, 2.45) is 0 Å². The largest absolute Gasteiger partial charge is 0.481 e. The summed E-state index contributed by atoms with van der Waals surface area (Å²) in [5.41, 5.74) is 1.72. The van der Waals surface area contributed by atoms with Crippen molar-refractivity contribution < 1.29 is 19.5 Å². The van der Waals surface area contributed by atoms with Crippen molar-refractivity contribution in [3.8, 4) is 0 Å². The number of rotatable bonds is 7. The number of nitrogens with zero attached hydrogens (tertiary/aromatic N) is 1. The maximum Gasteiger partial charge on any atom is 0.305 e. The number of nitrogens with one attached hydrogen (secondary N) is 1. The van der Waals surface area contributed by atoms with Crippen LogP contribution in [0.4, 0.5) is 5.69 Å². The number of carbonyl (C=O) groups excluding carboxylic acids is 2. The van der Waals surface area contributed by atoms with Crippen molar-refractivity contribution in [2.75, 3.05) is 18.0 Å². The van der Waals surface area contributed by atoms with Gasteiger partial charge in [-0.2, -0.15) is 0 Å². The lowest BCUT2D eigenvalue weighted by atomic mass is 10.2. The summed E-state index contributed by atoms with van der Waals surface area (Å²) in [5.74, 6) is -1.37. The fourth-order valence-electron chi connectivity index (χ4n) is 1.81. The van der Waals surface area contributed by atoms with Gasteiger partial charge in [-0.15, -0.1) is 0 Å². The van der Waals surface area contributed by atoms with Gasteiger partial charge in [-0.3, -0.25) is 14.4 Å². The molecule has 0 aliphatic carbocycles. The van der Waals surface area contributed by atoms with Crippen LogP contribution in [0.2, 0.25) is 0 Å². The maximum absolute atomic E-state index is 12.2. The third-order valence-electron chi connectivity index (χ3n) is 2.91. The molecule has 0 heterocycles. The van der Waals surface area contributed by atoms with Gasteiger partial charge < -0.3 is 15.3 Å². The van der Waals surface area contributed by atoms with E-state index in [1.54, 1.807) is 12.1 Å². The summed E-state index contributed by atoms with van der Waals surface area (Å²) in [6.07, 6.45) is 0.00677. The minimum absolute atomic E-state index is 0.108. The van der Waals surface area contributed by atoms with Crippen molar-refractivity contribution in [1.82, 2.24) is 5.32 Å². The zero-order chi connectivity index (χ0) is 15.8. The Balaban J connectivity index is 2.75. The van der Waals surface area contributed by atoms with E-state index in [2.05, 4.69) is 5.32 Å². The lowest BCUT2D eigenvalue weighted by Gasteiger charge is -2.22. The van der Waals surface area contributed by atoms with Gasteiger partial charge in [0.1, 0.15) is 0 Å². The van der Waals surface area contributed by atoms with Crippen LogP contribution in [0.5, 0.6) is 0 Å². The summed E-state index contributed by atoms with van der Waals surface area (Å²) in [6, 6.07) is 7.30. The molecule has 1 aromatic rings. The van der Waals surface area contributed by atoms with Gasteiger partial charge in [0.25, 0.3) is 0 Å². The van der Waals surface area contributed by atoms with Gasteiger partial charge in [0.15, 0.2) is 0 Å². The molecule has 0 aliphatic heterocycles. The Hall–Kier alpha value is -2.37. The maximum atomic E-state index is 12.2. The number of hydrogen-bond acceptors (Lipinski definition) is 3. The molecule has 0 radical (unpaired) electrons. The number of aliphatic carboxylic acids is 1. The Morgan fingerprint density at radius 2 is 1.76 bits per heavy atom. The zero-order valence-corrected chi connectivity index (χ0v) is 12.3. The molecule has 0 aliphatic rings. The van der Waals surface area contributed by atoms with Gasteiger partial charge in [-0.1, -0.05) is 17.7 Å². The van der Waals surface area contributed by atoms with Crippen molar-refractivity contribution >= 4 is 23.5 Å². The lowest BCUT2D eigenvalue weighted by Crippen LogP contribution is -2.35. The van der Waals surface area contributed by atoms with Crippen LogP contribution in [0, 0.1) is 6.92 Å². The molecule has 0 bridgehead atoms. The highest BCUT2D eigenvalue weighted by atomic mass is 16.4. The number of aryl methyl sites for hydroxylation is 1. The SMILES string of the molecule is CC(=O)NCCC(=O)N(CCC(=O)O)c1ccc(C)cc1. The normalized spacial score (nSPS) is 10.0. The Bertz CT molecular complexity index is 511. The first kappa shape index (κ1) is 16.7. The Kier molecular flexibility index (Phi) is 6.39. The van der Waals surface area contributed by atoms with Gasteiger partial charge in [0.05, 0.1) is 6.42 Å². The van der Waals surface area contributed by atoms with Gasteiger partial charge in [0.2, 0.25) is 11.8 Å². The van der Waals surface area contributed by atoms with Crippen LogP contribution >= 0.6 is 0 Å². The summed E-state index contributed by atoms with van der Waals surface area (Å²) in [5, 5.41) is 11.3. The molecule has 21 heavy (non-hydrogen) atoms. The topological polar surface area (TPSA) is 86.7 Å². The monoisotopic (exact) mass is 292 g/mol.